The number of ether oxygens (including phenoxy) is 1. The van der Waals surface area contributed by atoms with Crippen LogP contribution in [-0.2, 0) is 11.2 Å². The fraction of sp³-hybridized carbons (Fsp3) is 0.458. The molecule has 28 heavy (non-hydrogen) atoms. The molecular formula is C24H32N2O2. The van der Waals surface area contributed by atoms with E-state index < -0.39 is 0 Å². The van der Waals surface area contributed by atoms with Crippen LogP contribution in [0.2, 0.25) is 0 Å². The third-order valence-corrected chi connectivity index (χ3v) is 5.30. The summed E-state index contributed by atoms with van der Waals surface area (Å²) < 4.78 is 5.47. The molecular weight excluding hydrogens is 348 g/mol. The van der Waals surface area contributed by atoms with Crippen LogP contribution in [0.25, 0.3) is 0 Å². The number of rotatable bonds is 8. The number of benzene rings is 2. The lowest BCUT2D eigenvalue weighted by atomic mass is 9.90. The van der Waals surface area contributed by atoms with Crippen molar-refractivity contribution < 1.29 is 9.53 Å². The maximum Gasteiger partial charge on any atom is 0.165 e. The molecule has 1 aliphatic rings. The first-order valence-electron chi connectivity index (χ1n) is 10.2. The van der Waals surface area contributed by atoms with Gasteiger partial charge in [0.05, 0.1) is 13.2 Å². The zero-order chi connectivity index (χ0) is 19.9. The van der Waals surface area contributed by atoms with Crippen molar-refractivity contribution in [2.45, 2.75) is 19.8 Å². The first-order chi connectivity index (χ1) is 13.5. The Morgan fingerprint density at radius 1 is 1.07 bits per heavy atom. The lowest BCUT2D eigenvalue weighted by molar-refractivity contribution is 0.0951. The normalized spacial score (nSPS) is 15.6. The summed E-state index contributed by atoms with van der Waals surface area (Å²) in [6, 6.07) is 16.7. The van der Waals surface area contributed by atoms with Gasteiger partial charge >= 0.3 is 0 Å². The highest BCUT2D eigenvalue weighted by atomic mass is 16.5. The number of carbonyl (C=O) groups excluding carboxylic acids is 1. The van der Waals surface area contributed by atoms with Gasteiger partial charge in [-0.3, -0.25) is 4.79 Å². The van der Waals surface area contributed by atoms with Gasteiger partial charge in [0.25, 0.3) is 0 Å². The molecule has 0 bridgehead atoms. The first kappa shape index (κ1) is 20.6. The Bertz CT molecular complexity index is 764. The Hall–Kier alpha value is -2.17. The van der Waals surface area contributed by atoms with Crippen LogP contribution in [0.15, 0.2) is 48.5 Å². The molecule has 0 saturated carbocycles. The monoisotopic (exact) mass is 380 g/mol. The minimum absolute atomic E-state index is 0.237. The summed E-state index contributed by atoms with van der Waals surface area (Å²) in [5.74, 6) is 0.531. The number of nitrogens with zero attached hydrogens (tertiary/aromatic N) is 2. The number of Topliss-reactive ketones (excluding diaryl/α,β-unsaturated/α-hetero) is 1. The standard InChI is InChI=1S/C24H32N2O2/c1-19-8-10-20(11-9-19)16-21(18-25(2)3)17-24(27)22-6-4-5-7-23(22)26-12-14-28-15-13-26/h4-11,21H,12-18H2,1-3H3. The molecule has 0 radical (unpaired) electrons. The molecule has 0 spiro atoms. The summed E-state index contributed by atoms with van der Waals surface area (Å²) in [6.07, 6.45) is 1.48. The van der Waals surface area contributed by atoms with E-state index in [-0.39, 0.29) is 5.78 Å². The molecule has 0 N–H and O–H groups in total. The minimum atomic E-state index is 0.237. The molecule has 2 aromatic carbocycles. The predicted octanol–water partition coefficient (Wildman–Crippen LogP) is 3.82. The fourth-order valence-electron chi connectivity index (χ4n) is 3.94. The van der Waals surface area contributed by atoms with E-state index in [1.807, 2.05) is 18.2 Å². The van der Waals surface area contributed by atoms with Crippen LogP contribution < -0.4 is 4.90 Å². The van der Waals surface area contributed by atoms with Crippen LogP contribution in [0.1, 0.15) is 27.9 Å². The zero-order valence-electron chi connectivity index (χ0n) is 17.4. The summed E-state index contributed by atoms with van der Waals surface area (Å²) in [5, 5.41) is 0. The molecule has 1 unspecified atom stereocenters. The second-order valence-electron chi connectivity index (χ2n) is 8.06. The molecule has 0 aliphatic carbocycles. The van der Waals surface area contributed by atoms with Crippen molar-refractivity contribution >= 4 is 11.5 Å². The van der Waals surface area contributed by atoms with Crippen molar-refractivity contribution in [2.24, 2.45) is 5.92 Å². The molecule has 1 fully saturated rings. The number of hydrogen-bond donors (Lipinski definition) is 0. The maximum atomic E-state index is 13.3. The molecule has 1 aliphatic heterocycles. The highest BCUT2D eigenvalue weighted by Gasteiger charge is 2.22. The zero-order valence-corrected chi connectivity index (χ0v) is 17.4. The summed E-state index contributed by atoms with van der Waals surface area (Å²) in [7, 11) is 4.16. The van der Waals surface area contributed by atoms with Crippen molar-refractivity contribution in [3.05, 3.63) is 65.2 Å². The molecule has 2 aromatic rings. The van der Waals surface area contributed by atoms with E-state index in [4.69, 9.17) is 4.74 Å². The Balaban J connectivity index is 1.75. The lowest BCUT2D eigenvalue weighted by Crippen LogP contribution is -2.37. The van der Waals surface area contributed by atoms with Gasteiger partial charge < -0.3 is 14.5 Å². The van der Waals surface area contributed by atoms with Gasteiger partial charge in [-0.25, -0.2) is 0 Å². The van der Waals surface area contributed by atoms with Gasteiger partial charge in [-0.2, -0.15) is 0 Å². The van der Waals surface area contributed by atoms with Gasteiger partial charge in [0.1, 0.15) is 0 Å². The molecule has 0 amide bonds. The summed E-state index contributed by atoms with van der Waals surface area (Å²) in [4.78, 5) is 17.7. The van der Waals surface area contributed by atoms with Gasteiger partial charge in [0, 0.05) is 37.3 Å². The van der Waals surface area contributed by atoms with E-state index in [1.165, 1.54) is 11.1 Å². The van der Waals surface area contributed by atoms with Crippen LogP contribution in [0, 0.1) is 12.8 Å². The van der Waals surface area contributed by atoms with Crippen LogP contribution in [0.5, 0.6) is 0 Å². The SMILES string of the molecule is Cc1ccc(CC(CC(=O)c2ccccc2N2CCOCC2)CN(C)C)cc1. The largest absolute Gasteiger partial charge is 0.378 e. The third-order valence-electron chi connectivity index (χ3n) is 5.30. The van der Waals surface area contributed by atoms with Gasteiger partial charge in [-0.1, -0.05) is 42.0 Å². The molecule has 1 heterocycles. The highest BCUT2D eigenvalue weighted by molar-refractivity contribution is 6.01. The number of hydrogen-bond acceptors (Lipinski definition) is 4. The van der Waals surface area contributed by atoms with Gasteiger partial charge in [0.2, 0.25) is 0 Å². The number of aryl methyl sites for hydroxylation is 1. The fourth-order valence-corrected chi connectivity index (χ4v) is 3.94. The summed E-state index contributed by atoms with van der Waals surface area (Å²) >= 11 is 0. The Kier molecular flexibility index (Phi) is 7.24. The van der Waals surface area contributed by atoms with Gasteiger partial charge in [0.15, 0.2) is 5.78 Å². The van der Waals surface area contributed by atoms with Crippen molar-refractivity contribution in [3.8, 4) is 0 Å². The van der Waals surface area contributed by atoms with Crippen LogP contribution in [-0.4, -0.2) is 57.6 Å². The molecule has 1 atom stereocenters. The molecule has 1 saturated heterocycles. The van der Waals surface area contributed by atoms with Gasteiger partial charge in [-0.15, -0.1) is 0 Å². The van der Waals surface area contributed by atoms with Crippen molar-refractivity contribution in [1.82, 2.24) is 4.90 Å². The van der Waals surface area contributed by atoms with Crippen molar-refractivity contribution in [3.63, 3.8) is 0 Å². The Morgan fingerprint density at radius 2 is 1.75 bits per heavy atom. The number of carbonyl (C=O) groups is 1. The molecule has 0 aromatic heterocycles. The van der Waals surface area contributed by atoms with Gasteiger partial charge in [-0.05, 0) is 51.1 Å². The highest BCUT2D eigenvalue weighted by Crippen LogP contribution is 2.25. The Labute approximate surface area is 169 Å². The smallest absolute Gasteiger partial charge is 0.165 e. The number of anilines is 1. The van der Waals surface area contributed by atoms with E-state index in [0.29, 0.717) is 12.3 Å². The van der Waals surface area contributed by atoms with E-state index >= 15 is 0 Å². The maximum absolute atomic E-state index is 13.3. The topological polar surface area (TPSA) is 32.8 Å². The van der Waals surface area contributed by atoms with E-state index in [1.54, 1.807) is 0 Å². The molecule has 150 valence electrons. The predicted molar refractivity (Wildman–Crippen MR) is 115 cm³/mol. The third kappa shape index (κ3) is 5.66. The second kappa shape index (κ2) is 9.85. The first-order valence-corrected chi connectivity index (χ1v) is 10.2. The molecule has 3 rings (SSSR count). The minimum Gasteiger partial charge on any atom is -0.378 e. The number of morpholine rings is 1. The van der Waals surface area contributed by atoms with Crippen molar-refractivity contribution in [1.29, 1.82) is 0 Å². The van der Waals surface area contributed by atoms with E-state index in [9.17, 15) is 4.79 Å². The van der Waals surface area contributed by atoms with Crippen molar-refractivity contribution in [2.75, 3.05) is 51.8 Å². The van der Waals surface area contributed by atoms with Crippen LogP contribution >= 0.6 is 0 Å². The Morgan fingerprint density at radius 3 is 2.43 bits per heavy atom. The number of ketones is 1. The molecule has 4 nitrogen and oxygen atoms in total. The lowest BCUT2D eigenvalue weighted by Gasteiger charge is -2.30. The average molecular weight is 381 g/mol. The molecule has 4 heteroatoms. The van der Waals surface area contributed by atoms with E-state index in [0.717, 1.165) is 50.5 Å². The second-order valence-corrected chi connectivity index (χ2v) is 8.06. The summed E-state index contributed by atoms with van der Waals surface area (Å²) in [5.41, 5.74) is 4.46. The average Bonchev–Trinajstić information content (AvgIpc) is 2.70. The summed E-state index contributed by atoms with van der Waals surface area (Å²) in [6.45, 7) is 6.13. The van der Waals surface area contributed by atoms with Crippen LogP contribution in [0.3, 0.4) is 0 Å². The number of para-hydroxylation sites is 1. The van der Waals surface area contributed by atoms with Crippen LogP contribution in [0.4, 0.5) is 5.69 Å². The van der Waals surface area contributed by atoms with E-state index in [2.05, 4.69) is 61.2 Å². The quantitative estimate of drug-likeness (QED) is 0.652.